The minimum absolute atomic E-state index is 0.0362. The fourth-order valence-electron chi connectivity index (χ4n) is 2.78. The van der Waals surface area contributed by atoms with Gasteiger partial charge in [-0.25, -0.2) is 4.79 Å². The van der Waals surface area contributed by atoms with E-state index >= 15 is 0 Å². The number of hydrogen-bond acceptors (Lipinski definition) is 3. The van der Waals surface area contributed by atoms with Gasteiger partial charge in [0, 0.05) is 11.6 Å². The lowest BCUT2D eigenvalue weighted by molar-refractivity contribution is -0.111. The normalized spacial score (nSPS) is 10.6. The lowest BCUT2D eigenvalue weighted by Gasteiger charge is -2.09. The van der Waals surface area contributed by atoms with Crippen molar-refractivity contribution >= 4 is 23.6 Å². The zero-order valence-corrected chi connectivity index (χ0v) is 15.3. The molecule has 0 aromatic heterocycles. The van der Waals surface area contributed by atoms with Crippen molar-refractivity contribution in [3.05, 3.63) is 90.0 Å². The highest BCUT2D eigenvalue weighted by Gasteiger charge is 2.10. The van der Waals surface area contributed by atoms with Crippen LogP contribution in [0.5, 0.6) is 5.75 Å². The number of anilines is 1. The van der Waals surface area contributed by atoms with Crippen molar-refractivity contribution in [1.29, 1.82) is 0 Å². The molecular formula is C23H19NO4. The molecule has 140 valence electrons. The van der Waals surface area contributed by atoms with Gasteiger partial charge in [-0.1, -0.05) is 54.6 Å². The Morgan fingerprint density at radius 3 is 2.36 bits per heavy atom. The highest BCUT2D eigenvalue weighted by Crippen LogP contribution is 2.28. The number of carbonyl (C=O) groups excluding carboxylic acids is 1. The summed E-state index contributed by atoms with van der Waals surface area (Å²) >= 11 is 0. The first kappa shape index (κ1) is 18.9. The number of ether oxygens (including phenoxy) is 1. The van der Waals surface area contributed by atoms with Crippen LogP contribution in [-0.4, -0.2) is 24.1 Å². The number of aromatic carboxylic acids is 1. The number of amides is 1. The Kier molecular flexibility index (Phi) is 5.87. The van der Waals surface area contributed by atoms with E-state index in [1.54, 1.807) is 31.4 Å². The Morgan fingerprint density at radius 2 is 1.64 bits per heavy atom. The predicted molar refractivity (Wildman–Crippen MR) is 109 cm³/mol. The second-order valence-electron chi connectivity index (χ2n) is 6.00. The van der Waals surface area contributed by atoms with Gasteiger partial charge in [0.05, 0.1) is 18.4 Å². The maximum atomic E-state index is 12.2. The van der Waals surface area contributed by atoms with E-state index in [1.807, 2.05) is 48.5 Å². The number of carbonyl (C=O) groups is 2. The van der Waals surface area contributed by atoms with Gasteiger partial charge in [-0.15, -0.1) is 0 Å². The van der Waals surface area contributed by atoms with Crippen LogP contribution < -0.4 is 10.1 Å². The van der Waals surface area contributed by atoms with Crippen LogP contribution in [-0.2, 0) is 4.79 Å². The molecular weight excluding hydrogens is 354 g/mol. The first-order valence-electron chi connectivity index (χ1n) is 8.63. The summed E-state index contributed by atoms with van der Waals surface area (Å²) in [5, 5.41) is 11.8. The summed E-state index contributed by atoms with van der Waals surface area (Å²) in [6.45, 7) is 0. The Hall–Kier alpha value is -3.86. The Labute approximate surface area is 162 Å². The van der Waals surface area contributed by atoms with E-state index < -0.39 is 11.9 Å². The molecule has 5 heteroatoms. The highest BCUT2D eigenvalue weighted by atomic mass is 16.5. The molecule has 3 rings (SSSR count). The zero-order valence-electron chi connectivity index (χ0n) is 15.3. The van der Waals surface area contributed by atoms with Crippen molar-refractivity contribution in [1.82, 2.24) is 0 Å². The standard InChI is InChI=1S/C23H19NO4/c1-28-21-15-18(16-7-3-2-4-8-16)12-11-17(21)13-14-22(25)24-20-10-6-5-9-19(20)23(26)27/h2-15H,1H3,(H,24,25)(H,26,27)/b14-13+. The Bertz CT molecular complexity index is 1030. The molecule has 0 aliphatic heterocycles. The summed E-state index contributed by atoms with van der Waals surface area (Å²) in [6.07, 6.45) is 2.98. The summed E-state index contributed by atoms with van der Waals surface area (Å²) in [6, 6.07) is 21.9. The first-order valence-corrected chi connectivity index (χ1v) is 8.63. The molecule has 0 fully saturated rings. The molecule has 0 atom stereocenters. The number of para-hydroxylation sites is 1. The van der Waals surface area contributed by atoms with Crippen molar-refractivity contribution in [2.75, 3.05) is 12.4 Å². The average molecular weight is 373 g/mol. The molecule has 0 unspecified atom stereocenters. The quantitative estimate of drug-likeness (QED) is 0.614. The number of carboxylic acids is 1. The van der Waals surface area contributed by atoms with E-state index in [9.17, 15) is 14.7 Å². The van der Waals surface area contributed by atoms with Crippen LogP contribution in [0.2, 0.25) is 0 Å². The lowest BCUT2D eigenvalue weighted by Crippen LogP contribution is -2.11. The average Bonchev–Trinajstić information content (AvgIpc) is 2.73. The molecule has 0 bridgehead atoms. The van der Waals surface area contributed by atoms with E-state index in [-0.39, 0.29) is 11.3 Å². The molecule has 0 spiro atoms. The molecule has 0 heterocycles. The van der Waals surface area contributed by atoms with Gasteiger partial charge in [0.15, 0.2) is 0 Å². The fraction of sp³-hybridized carbons (Fsp3) is 0.0435. The maximum Gasteiger partial charge on any atom is 0.337 e. The van der Waals surface area contributed by atoms with E-state index in [1.165, 1.54) is 12.1 Å². The Balaban J connectivity index is 1.78. The third kappa shape index (κ3) is 4.45. The lowest BCUT2D eigenvalue weighted by atomic mass is 10.0. The second-order valence-corrected chi connectivity index (χ2v) is 6.00. The van der Waals surface area contributed by atoms with Crippen molar-refractivity contribution in [3.8, 4) is 16.9 Å². The van der Waals surface area contributed by atoms with E-state index in [2.05, 4.69) is 5.32 Å². The first-order chi connectivity index (χ1) is 13.6. The van der Waals surface area contributed by atoms with Crippen molar-refractivity contribution in [3.63, 3.8) is 0 Å². The van der Waals surface area contributed by atoms with Crippen LogP contribution in [0.3, 0.4) is 0 Å². The number of carboxylic acid groups (broad SMARTS) is 1. The van der Waals surface area contributed by atoms with Crippen LogP contribution in [0, 0.1) is 0 Å². The minimum atomic E-state index is -1.10. The highest BCUT2D eigenvalue weighted by molar-refractivity contribution is 6.06. The molecule has 28 heavy (non-hydrogen) atoms. The van der Waals surface area contributed by atoms with E-state index in [4.69, 9.17) is 4.74 Å². The van der Waals surface area contributed by atoms with Gasteiger partial charge in [-0.2, -0.15) is 0 Å². The van der Waals surface area contributed by atoms with Crippen LogP contribution in [0.25, 0.3) is 17.2 Å². The van der Waals surface area contributed by atoms with Gasteiger partial charge in [0.25, 0.3) is 0 Å². The summed E-state index contributed by atoms with van der Waals surface area (Å²) in [5.41, 5.74) is 3.10. The third-order valence-corrected chi connectivity index (χ3v) is 4.17. The van der Waals surface area contributed by atoms with Gasteiger partial charge >= 0.3 is 5.97 Å². The number of nitrogens with one attached hydrogen (secondary N) is 1. The fourth-order valence-corrected chi connectivity index (χ4v) is 2.78. The number of methoxy groups -OCH3 is 1. The number of benzene rings is 3. The zero-order chi connectivity index (χ0) is 19.9. The molecule has 0 saturated heterocycles. The van der Waals surface area contributed by atoms with Crippen molar-refractivity contribution < 1.29 is 19.4 Å². The summed E-state index contributed by atoms with van der Waals surface area (Å²) in [7, 11) is 1.57. The third-order valence-electron chi connectivity index (χ3n) is 4.17. The summed E-state index contributed by atoms with van der Waals surface area (Å²) in [5.74, 6) is -0.891. The summed E-state index contributed by atoms with van der Waals surface area (Å²) in [4.78, 5) is 23.4. The molecule has 3 aromatic carbocycles. The van der Waals surface area contributed by atoms with Gasteiger partial charge < -0.3 is 15.2 Å². The number of hydrogen-bond donors (Lipinski definition) is 2. The second kappa shape index (κ2) is 8.68. The minimum Gasteiger partial charge on any atom is -0.496 e. The summed E-state index contributed by atoms with van der Waals surface area (Å²) < 4.78 is 5.45. The molecule has 2 N–H and O–H groups in total. The van der Waals surface area contributed by atoms with Crippen LogP contribution in [0.15, 0.2) is 78.9 Å². The van der Waals surface area contributed by atoms with Crippen LogP contribution in [0.4, 0.5) is 5.69 Å². The molecule has 5 nitrogen and oxygen atoms in total. The molecule has 0 radical (unpaired) electrons. The van der Waals surface area contributed by atoms with Gasteiger partial charge in [0.2, 0.25) is 5.91 Å². The van der Waals surface area contributed by atoms with Gasteiger partial charge in [-0.3, -0.25) is 4.79 Å². The molecule has 0 saturated carbocycles. The predicted octanol–water partition coefficient (Wildman–Crippen LogP) is 4.71. The number of rotatable bonds is 6. The molecule has 0 aliphatic carbocycles. The van der Waals surface area contributed by atoms with E-state index in [0.717, 1.165) is 16.7 Å². The monoisotopic (exact) mass is 373 g/mol. The van der Waals surface area contributed by atoms with Gasteiger partial charge in [0.1, 0.15) is 5.75 Å². The molecule has 3 aromatic rings. The molecule has 1 amide bonds. The van der Waals surface area contributed by atoms with Gasteiger partial charge in [-0.05, 0) is 35.4 Å². The largest absolute Gasteiger partial charge is 0.496 e. The topological polar surface area (TPSA) is 75.6 Å². The SMILES string of the molecule is COc1cc(-c2ccccc2)ccc1/C=C/C(=O)Nc1ccccc1C(=O)O. The maximum absolute atomic E-state index is 12.2. The van der Waals surface area contributed by atoms with Crippen molar-refractivity contribution in [2.45, 2.75) is 0 Å². The van der Waals surface area contributed by atoms with Crippen molar-refractivity contribution in [2.24, 2.45) is 0 Å². The van der Waals surface area contributed by atoms with E-state index in [0.29, 0.717) is 5.75 Å². The Morgan fingerprint density at radius 1 is 0.929 bits per heavy atom. The van der Waals surface area contributed by atoms with Crippen LogP contribution >= 0.6 is 0 Å². The smallest absolute Gasteiger partial charge is 0.337 e. The molecule has 0 aliphatic rings. The van der Waals surface area contributed by atoms with Crippen LogP contribution in [0.1, 0.15) is 15.9 Å².